The van der Waals surface area contributed by atoms with Gasteiger partial charge in [-0.3, -0.25) is 14.4 Å². The van der Waals surface area contributed by atoms with Gasteiger partial charge in [-0.1, -0.05) is 45.2 Å². The Kier molecular flexibility index (Phi) is 12.8. The number of rotatable bonds is 14. The van der Waals surface area contributed by atoms with Gasteiger partial charge in [0, 0.05) is 13.1 Å². The highest BCUT2D eigenvalue weighted by Gasteiger charge is 2.36. The molecule has 0 bridgehead atoms. The summed E-state index contributed by atoms with van der Waals surface area (Å²) in [6.45, 7) is 9.63. The summed E-state index contributed by atoms with van der Waals surface area (Å²) in [4.78, 5) is 52.7. The van der Waals surface area contributed by atoms with Crippen LogP contribution in [0.5, 0.6) is 5.75 Å². The van der Waals surface area contributed by atoms with Gasteiger partial charge in [0.25, 0.3) is 0 Å². The summed E-state index contributed by atoms with van der Waals surface area (Å²) in [5, 5.41) is 15.4. The molecule has 0 heterocycles. The number of phenolic OH excluding ortho intramolecular Hbond substituents is 1. The SMILES string of the molecule is CCCCCNC(=O)C(c1cccc(O)c1)N(CCCC)C(=O)C(CC(N)=O)NC(=O)OC(C)(C)C. The van der Waals surface area contributed by atoms with Crippen LogP contribution < -0.4 is 16.4 Å². The summed E-state index contributed by atoms with van der Waals surface area (Å²) in [6, 6.07) is 3.71. The first-order chi connectivity index (χ1) is 16.9. The minimum absolute atomic E-state index is 0.0558. The van der Waals surface area contributed by atoms with E-state index in [1.54, 1.807) is 32.9 Å². The zero-order valence-electron chi connectivity index (χ0n) is 22.1. The fourth-order valence-corrected chi connectivity index (χ4v) is 3.60. The molecule has 0 saturated heterocycles. The highest BCUT2D eigenvalue weighted by atomic mass is 16.6. The Morgan fingerprint density at radius 3 is 2.31 bits per heavy atom. The molecule has 0 spiro atoms. The maximum atomic E-state index is 13.8. The van der Waals surface area contributed by atoms with Crippen molar-refractivity contribution in [1.29, 1.82) is 0 Å². The quantitative estimate of drug-likeness (QED) is 0.285. The Morgan fingerprint density at radius 2 is 1.75 bits per heavy atom. The number of hydrogen-bond acceptors (Lipinski definition) is 6. The fourth-order valence-electron chi connectivity index (χ4n) is 3.60. The number of hydrogen-bond donors (Lipinski definition) is 4. The number of carbonyl (C=O) groups is 4. The number of amides is 4. The van der Waals surface area contributed by atoms with Crippen LogP contribution in [0.25, 0.3) is 0 Å². The molecule has 2 unspecified atom stereocenters. The van der Waals surface area contributed by atoms with Crippen LogP contribution in [0.2, 0.25) is 0 Å². The highest BCUT2D eigenvalue weighted by Crippen LogP contribution is 2.26. The summed E-state index contributed by atoms with van der Waals surface area (Å²) < 4.78 is 5.26. The molecule has 1 rings (SSSR count). The summed E-state index contributed by atoms with van der Waals surface area (Å²) in [6.07, 6.45) is 2.66. The number of carbonyl (C=O) groups excluding carboxylic acids is 4. The van der Waals surface area contributed by atoms with Crippen LogP contribution in [0, 0.1) is 0 Å². The topological polar surface area (TPSA) is 151 Å². The first-order valence-corrected chi connectivity index (χ1v) is 12.5. The average Bonchev–Trinajstić information content (AvgIpc) is 2.77. The van der Waals surface area contributed by atoms with Crippen molar-refractivity contribution >= 4 is 23.8 Å². The van der Waals surface area contributed by atoms with Crippen molar-refractivity contribution in [2.45, 2.75) is 90.8 Å². The predicted octanol–water partition coefficient (Wildman–Crippen LogP) is 3.14. The molecule has 1 aromatic rings. The molecule has 36 heavy (non-hydrogen) atoms. The molecule has 0 fully saturated rings. The van der Waals surface area contributed by atoms with Crippen LogP contribution >= 0.6 is 0 Å². The van der Waals surface area contributed by atoms with E-state index in [4.69, 9.17) is 10.5 Å². The van der Waals surface area contributed by atoms with Crippen molar-refractivity contribution in [2.75, 3.05) is 13.1 Å². The van der Waals surface area contributed by atoms with E-state index in [1.165, 1.54) is 17.0 Å². The van der Waals surface area contributed by atoms with Gasteiger partial charge in [-0.25, -0.2) is 4.79 Å². The smallest absolute Gasteiger partial charge is 0.408 e. The van der Waals surface area contributed by atoms with Crippen molar-refractivity contribution in [3.63, 3.8) is 0 Å². The van der Waals surface area contributed by atoms with Crippen LogP contribution in [0.4, 0.5) is 4.79 Å². The Labute approximate surface area is 213 Å². The van der Waals surface area contributed by atoms with E-state index < -0.39 is 47.9 Å². The van der Waals surface area contributed by atoms with Crippen LogP contribution in [0.3, 0.4) is 0 Å². The standard InChI is InChI=1S/C26H42N4O6/c1-6-8-10-14-28-23(33)22(18-12-11-13-19(31)16-18)30(15-9-7-2)24(34)20(17-21(27)32)29-25(35)36-26(3,4)5/h11-13,16,20,22,31H,6-10,14-15,17H2,1-5H3,(H2,27,32)(H,28,33)(H,29,35). The van der Waals surface area contributed by atoms with Gasteiger partial charge in [-0.2, -0.15) is 0 Å². The molecule has 0 saturated carbocycles. The van der Waals surface area contributed by atoms with Gasteiger partial charge in [0.1, 0.15) is 23.4 Å². The molecule has 2 atom stereocenters. The number of nitrogens with two attached hydrogens (primary N) is 1. The minimum atomic E-state index is -1.33. The third-order valence-electron chi connectivity index (χ3n) is 5.26. The number of phenols is 1. The largest absolute Gasteiger partial charge is 0.508 e. The molecule has 0 aliphatic carbocycles. The second-order valence-electron chi connectivity index (χ2n) is 9.75. The number of alkyl carbamates (subject to hydrolysis) is 1. The van der Waals surface area contributed by atoms with Crippen molar-refractivity contribution in [3.05, 3.63) is 29.8 Å². The number of aromatic hydroxyl groups is 1. The van der Waals surface area contributed by atoms with Crippen LogP contribution in [0.15, 0.2) is 24.3 Å². The summed E-state index contributed by atoms with van der Waals surface area (Å²) in [7, 11) is 0. The lowest BCUT2D eigenvalue weighted by molar-refractivity contribution is -0.143. The number of benzene rings is 1. The monoisotopic (exact) mass is 506 g/mol. The van der Waals surface area contributed by atoms with Crippen LogP contribution in [-0.4, -0.2) is 58.6 Å². The van der Waals surface area contributed by atoms with E-state index in [-0.39, 0.29) is 12.3 Å². The maximum absolute atomic E-state index is 13.8. The molecule has 202 valence electrons. The van der Waals surface area contributed by atoms with Gasteiger partial charge in [0.2, 0.25) is 17.7 Å². The molecule has 1 aromatic carbocycles. The molecule has 0 aliphatic rings. The van der Waals surface area contributed by atoms with E-state index in [9.17, 15) is 24.3 Å². The van der Waals surface area contributed by atoms with E-state index >= 15 is 0 Å². The van der Waals surface area contributed by atoms with Gasteiger partial charge in [0.15, 0.2) is 0 Å². The fraction of sp³-hybridized carbons (Fsp3) is 0.615. The zero-order valence-corrected chi connectivity index (χ0v) is 22.1. The van der Waals surface area contributed by atoms with Gasteiger partial charge < -0.3 is 31.1 Å². The number of unbranched alkanes of at least 4 members (excludes halogenated alkanes) is 3. The Hall–Kier alpha value is -3.30. The molecular weight excluding hydrogens is 464 g/mol. The molecule has 4 amide bonds. The summed E-state index contributed by atoms with van der Waals surface area (Å²) >= 11 is 0. The summed E-state index contributed by atoms with van der Waals surface area (Å²) in [5.74, 6) is -1.92. The van der Waals surface area contributed by atoms with E-state index in [0.717, 1.165) is 25.7 Å². The number of nitrogens with zero attached hydrogens (tertiary/aromatic N) is 1. The molecule has 0 aliphatic heterocycles. The van der Waals surface area contributed by atoms with E-state index in [2.05, 4.69) is 17.6 Å². The van der Waals surface area contributed by atoms with Gasteiger partial charge in [-0.05, 0) is 51.3 Å². The maximum Gasteiger partial charge on any atom is 0.408 e. The molecule has 10 heteroatoms. The summed E-state index contributed by atoms with van der Waals surface area (Å²) in [5.41, 5.74) is 4.96. The lowest BCUT2D eigenvalue weighted by atomic mass is 10.0. The van der Waals surface area contributed by atoms with Crippen molar-refractivity contribution in [3.8, 4) is 5.75 Å². The third-order valence-corrected chi connectivity index (χ3v) is 5.26. The Bertz CT molecular complexity index is 883. The predicted molar refractivity (Wildman–Crippen MR) is 137 cm³/mol. The lowest BCUT2D eigenvalue weighted by Gasteiger charge is -2.34. The highest BCUT2D eigenvalue weighted by molar-refractivity contribution is 5.94. The van der Waals surface area contributed by atoms with E-state index in [1.807, 2.05) is 6.92 Å². The second kappa shape index (κ2) is 15.0. The Balaban J connectivity index is 3.40. The molecule has 10 nitrogen and oxygen atoms in total. The second-order valence-corrected chi connectivity index (χ2v) is 9.75. The minimum Gasteiger partial charge on any atom is -0.508 e. The first kappa shape index (κ1) is 30.7. The Morgan fingerprint density at radius 1 is 1.08 bits per heavy atom. The molecule has 0 aromatic heterocycles. The van der Waals surface area contributed by atoms with Crippen molar-refractivity contribution < 1.29 is 29.0 Å². The lowest BCUT2D eigenvalue weighted by Crippen LogP contribution is -2.54. The molecule has 0 radical (unpaired) electrons. The van der Waals surface area contributed by atoms with Crippen LogP contribution in [-0.2, 0) is 19.1 Å². The number of primary amides is 1. The first-order valence-electron chi connectivity index (χ1n) is 12.5. The van der Waals surface area contributed by atoms with Crippen molar-refractivity contribution in [1.82, 2.24) is 15.5 Å². The van der Waals surface area contributed by atoms with Gasteiger partial charge >= 0.3 is 6.09 Å². The number of nitrogens with one attached hydrogen (secondary N) is 2. The van der Waals surface area contributed by atoms with Gasteiger partial charge in [-0.15, -0.1) is 0 Å². The molecular formula is C26H42N4O6. The third kappa shape index (κ3) is 11.0. The molecule has 5 N–H and O–H groups in total. The van der Waals surface area contributed by atoms with Crippen molar-refractivity contribution in [2.24, 2.45) is 5.73 Å². The normalized spacial score (nSPS) is 12.8. The van der Waals surface area contributed by atoms with Crippen LogP contribution in [0.1, 0.15) is 84.7 Å². The van der Waals surface area contributed by atoms with E-state index in [0.29, 0.717) is 18.5 Å². The average molecular weight is 507 g/mol. The van der Waals surface area contributed by atoms with Gasteiger partial charge in [0.05, 0.1) is 6.42 Å². The zero-order chi connectivity index (χ0) is 27.3. The number of ether oxygens (including phenoxy) is 1.